The summed E-state index contributed by atoms with van der Waals surface area (Å²) in [5.74, 6) is 0.0154. The summed E-state index contributed by atoms with van der Waals surface area (Å²) in [5, 5.41) is 32.0. The Morgan fingerprint density at radius 3 is 2.68 bits per heavy atom. The van der Waals surface area contributed by atoms with Gasteiger partial charge in [0.25, 0.3) is 5.91 Å². The third kappa shape index (κ3) is 7.20. The molecule has 1 amide bonds. The number of ether oxygens (including phenoxy) is 1. The molecule has 37 heavy (non-hydrogen) atoms. The fraction of sp³-hybridized carbons (Fsp3) is 0.654. The number of halogens is 1. The average molecular weight is 536 g/mol. The summed E-state index contributed by atoms with van der Waals surface area (Å²) in [5.41, 5.74) is -0.762. The number of benzene rings is 1. The number of nitrogens with one attached hydrogen (secondary N) is 2. The highest BCUT2D eigenvalue weighted by molar-refractivity contribution is 6.33. The van der Waals surface area contributed by atoms with Gasteiger partial charge in [-0.05, 0) is 63.9 Å². The molecule has 1 aliphatic heterocycles. The molecule has 2 aliphatic rings. The lowest BCUT2D eigenvalue weighted by molar-refractivity contribution is -0.0261. The van der Waals surface area contributed by atoms with E-state index in [4.69, 9.17) is 16.3 Å². The van der Waals surface area contributed by atoms with E-state index in [1.165, 1.54) is 15.3 Å². The summed E-state index contributed by atoms with van der Waals surface area (Å²) in [6, 6.07) is 4.69. The number of hydrogen-bond donors (Lipinski definition) is 4. The molecule has 1 aromatic heterocycles. The smallest absolute Gasteiger partial charge is 0.350 e. The van der Waals surface area contributed by atoms with Gasteiger partial charge in [-0.3, -0.25) is 9.36 Å². The number of rotatable bonds is 9. The number of amides is 1. The predicted molar refractivity (Wildman–Crippen MR) is 140 cm³/mol. The second-order valence-electron chi connectivity index (χ2n) is 10.3. The van der Waals surface area contributed by atoms with Crippen LogP contribution < -0.4 is 16.3 Å². The average Bonchev–Trinajstić information content (AvgIpc) is 3.04. The third-order valence-electron chi connectivity index (χ3n) is 7.30. The fourth-order valence-corrected chi connectivity index (χ4v) is 5.27. The number of carbonyl (C=O) groups is 1. The van der Waals surface area contributed by atoms with E-state index in [2.05, 4.69) is 15.7 Å². The van der Waals surface area contributed by atoms with E-state index < -0.39 is 23.3 Å². The van der Waals surface area contributed by atoms with Crippen LogP contribution in [0.1, 0.15) is 67.5 Å². The van der Waals surface area contributed by atoms with E-state index in [9.17, 15) is 19.8 Å². The van der Waals surface area contributed by atoms with Crippen LogP contribution in [0.3, 0.4) is 0 Å². The molecule has 10 nitrogen and oxygen atoms in total. The number of aliphatic hydroxyl groups excluding tert-OH is 1. The van der Waals surface area contributed by atoms with Crippen molar-refractivity contribution in [2.45, 2.75) is 82.6 Å². The van der Waals surface area contributed by atoms with Crippen molar-refractivity contribution < 1.29 is 19.7 Å². The van der Waals surface area contributed by atoms with E-state index >= 15 is 0 Å². The SMILES string of the molecule is Cc1nn(-c2ccc(Cl)c(C(=O)NCC3(O)CCCCCC3)c2)c(=O)n1CC(O)COC1CCNCC1. The molecule has 0 spiro atoms. The van der Waals surface area contributed by atoms with E-state index in [0.29, 0.717) is 24.4 Å². The van der Waals surface area contributed by atoms with Crippen LogP contribution in [0.25, 0.3) is 5.69 Å². The number of aliphatic hydroxyl groups is 2. The minimum atomic E-state index is -0.915. The summed E-state index contributed by atoms with van der Waals surface area (Å²) in [7, 11) is 0. The van der Waals surface area contributed by atoms with Crippen LogP contribution in [0.15, 0.2) is 23.0 Å². The van der Waals surface area contributed by atoms with Crippen molar-refractivity contribution in [3.8, 4) is 5.69 Å². The minimum Gasteiger partial charge on any atom is -0.389 e. The molecule has 1 saturated heterocycles. The highest BCUT2D eigenvalue weighted by Crippen LogP contribution is 2.27. The maximum Gasteiger partial charge on any atom is 0.350 e. The molecule has 2 fully saturated rings. The summed E-state index contributed by atoms with van der Waals surface area (Å²) >= 11 is 6.32. The second kappa shape index (κ2) is 12.5. The van der Waals surface area contributed by atoms with E-state index in [-0.39, 0.29) is 36.4 Å². The number of hydrogen-bond acceptors (Lipinski definition) is 7. The molecule has 0 bridgehead atoms. The summed E-state index contributed by atoms with van der Waals surface area (Å²) in [6.45, 7) is 3.82. The van der Waals surface area contributed by atoms with Gasteiger partial charge in [0.1, 0.15) is 5.82 Å². The molecule has 1 aliphatic carbocycles. The number of aromatic nitrogens is 3. The van der Waals surface area contributed by atoms with Crippen molar-refractivity contribution in [1.29, 1.82) is 0 Å². The van der Waals surface area contributed by atoms with Gasteiger partial charge >= 0.3 is 5.69 Å². The Morgan fingerprint density at radius 1 is 1.27 bits per heavy atom. The molecule has 2 aromatic rings. The van der Waals surface area contributed by atoms with Crippen LogP contribution in [-0.4, -0.2) is 74.5 Å². The molecular weight excluding hydrogens is 498 g/mol. The van der Waals surface area contributed by atoms with Crippen LogP contribution in [0, 0.1) is 6.92 Å². The standard InChI is InChI=1S/C26H38ClN5O5/c1-18-30-32(25(35)31(18)15-20(33)16-37-21-8-12-28-13-9-21)19-6-7-23(27)22(14-19)24(34)29-17-26(36)10-4-2-3-5-11-26/h6-7,14,20-21,28,33,36H,2-5,8-13,15-17H2,1H3,(H,29,34). The maximum absolute atomic E-state index is 13.1. The third-order valence-corrected chi connectivity index (χ3v) is 7.63. The fourth-order valence-electron chi connectivity index (χ4n) is 5.07. The van der Waals surface area contributed by atoms with Crippen LogP contribution in [0.4, 0.5) is 0 Å². The topological polar surface area (TPSA) is 131 Å². The van der Waals surface area contributed by atoms with Gasteiger partial charge in [-0.1, -0.05) is 37.3 Å². The van der Waals surface area contributed by atoms with Gasteiger partial charge < -0.3 is 25.6 Å². The molecule has 1 atom stereocenters. The maximum atomic E-state index is 13.1. The van der Waals surface area contributed by atoms with Gasteiger partial charge in [-0.25, -0.2) is 4.79 Å². The zero-order valence-corrected chi connectivity index (χ0v) is 22.2. The van der Waals surface area contributed by atoms with Gasteiger partial charge in [0.15, 0.2) is 0 Å². The first-order valence-electron chi connectivity index (χ1n) is 13.2. The van der Waals surface area contributed by atoms with E-state index in [0.717, 1.165) is 51.6 Å². The zero-order valence-electron chi connectivity index (χ0n) is 21.4. The van der Waals surface area contributed by atoms with Crippen molar-refractivity contribution in [2.24, 2.45) is 0 Å². The predicted octanol–water partition coefficient (Wildman–Crippen LogP) is 1.94. The van der Waals surface area contributed by atoms with Crippen LogP contribution in [-0.2, 0) is 11.3 Å². The van der Waals surface area contributed by atoms with Crippen molar-refractivity contribution in [1.82, 2.24) is 25.0 Å². The van der Waals surface area contributed by atoms with Crippen molar-refractivity contribution in [3.05, 3.63) is 45.1 Å². The Morgan fingerprint density at radius 2 is 1.97 bits per heavy atom. The molecule has 1 aromatic carbocycles. The van der Waals surface area contributed by atoms with Gasteiger partial charge in [0.2, 0.25) is 0 Å². The first kappa shape index (κ1) is 27.8. The van der Waals surface area contributed by atoms with Crippen molar-refractivity contribution >= 4 is 17.5 Å². The lowest BCUT2D eigenvalue weighted by Crippen LogP contribution is -2.42. The molecule has 1 unspecified atom stereocenters. The Balaban J connectivity index is 1.43. The van der Waals surface area contributed by atoms with Crippen molar-refractivity contribution in [2.75, 3.05) is 26.2 Å². The van der Waals surface area contributed by atoms with E-state index in [1.807, 2.05) is 0 Å². The molecule has 4 rings (SSSR count). The molecule has 204 valence electrons. The highest BCUT2D eigenvalue weighted by atomic mass is 35.5. The van der Waals surface area contributed by atoms with Gasteiger partial charge in [0.05, 0.1) is 47.2 Å². The normalized spacial score (nSPS) is 19.4. The summed E-state index contributed by atoms with van der Waals surface area (Å²) in [6.07, 6.45) is 6.41. The largest absolute Gasteiger partial charge is 0.389 e. The molecule has 1 saturated carbocycles. The first-order valence-corrected chi connectivity index (χ1v) is 13.6. The summed E-state index contributed by atoms with van der Waals surface area (Å²) < 4.78 is 8.41. The van der Waals surface area contributed by atoms with Gasteiger partial charge in [-0.2, -0.15) is 9.78 Å². The Bertz CT molecular complexity index is 1120. The molecule has 2 heterocycles. The quantitative estimate of drug-likeness (QED) is 0.361. The van der Waals surface area contributed by atoms with Crippen LogP contribution in [0.2, 0.25) is 5.02 Å². The van der Waals surface area contributed by atoms with E-state index in [1.54, 1.807) is 19.1 Å². The summed E-state index contributed by atoms with van der Waals surface area (Å²) in [4.78, 5) is 26.1. The number of aryl methyl sites for hydroxylation is 1. The monoisotopic (exact) mass is 535 g/mol. The Kier molecular flexibility index (Phi) is 9.41. The van der Waals surface area contributed by atoms with Crippen molar-refractivity contribution in [3.63, 3.8) is 0 Å². The lowest BCUT2D eigenvalue weighted by Gasteiger charge is -2.26. The highest BCUT2D eigenvalue weighted by Gasteiger charge is 2.29. The Labute approximate surface area is 222 Å². The second-order valence-corrected chi connectivity index (χ2v) is 10.7. The molecule has 0 radical (unpaired) electrons. The number of piperidine rings is 1. The zero-order chi connectivity index (χ0) is 26.4. The molecular formula is C26H38ClN5O5. The Hall–Kier alpha value is -2.24. The van der Waals surface area contributed by atoms with Crippen LogP contribution >= 0.6 is 11.6 Å². The lowest BCUT2D eigenvalue weighted by atomic mass is 9.94. The minimum absolute atomic E-state index is 0.0507. The molecule has 4 N–H and O–H groups in total. The number of carbonyl (C=O) groups excluding carboxylic acids is 1. The van der Waals surface area contributed by atoms with Crippen LogP contribution in [0.5, 0.6) is 0 Å². The van der Waals surface area contributed by atoms with Gasteiger partial charge in [0, 0.05) is 6.54 Å². The molecule has 11 heteroatoms. The number of nitrogens with zero attached hydrogens (tertiary/aromatic N) is 3. The van der Waals surface area contributed by atoms with Gasteiger partial charge in [-0.15, -0.1) is 0 Å². The first-order chi connectivity index (χ1) is 17.8.